The highest BCUT2D eigenvalue weighted by molar-refractivity contribution is 5.91. The normalized spacial score (nSPS) is 15.6. The van der Waals surface area contributed by atoms with E-state index in [0.717, 1.165) is 18.7 Å². The molecule has 2 N–H and O–H groups in total. The smallest absolute Gasteiger partial charge is 0.224 e. The second-order valence-electron chi connectivity index (χ2n) is 4.21. The maximum Gasteiger partial charge on any atom is 0.224 e. The molecule has 0 aromatic heterocycles. The average molecular weight is 222 g/mol. The van der Waals surface area contributed by atoms with Crippen LogP contribution in [0.5, 0.6) is 0 Å². The van der Waals surface area contributed by atoms with Crippen molar-refractivity contribution in [1.82, 2.24) is 5.32 Å². The van der Waals surface area contributed by atoms with Gasteiger partial charge in [0.25, 0.3) is 0 Å². The summed E-state index contributed by atoms with van der Waals surface area (Å²) in [7, 11) is 0. The molecule has 1 aromatic rings. The number of carbonyl (C=O) groups excluding carboxylic acids is 1. The molecule has 1 saturated heterocycles. The number of benzene rings is 1. The molecule has 16 heavy (non-hydrogen) atoms. The SMILES string of the molecule is Cc1cccc(F)c1NC(=O)CC1CNC1. The Balaban J connectivity index is 1.99. The van der Waals surface area contributed by atoms with Gasteiger partial charge in [0.1, 0.15) is 5.82 Å². The Bertz CT molecular complexity index is 382. The lowest BCUT2D eigenvalue weighted by Crippen LogP contribution is -2.43. The van der Waals surface area contributed by atoms with Crippen molar-refractivity contribution in [2.45, 2.75) is 13.3 Å². The Kier molecular flexibility index (Phi) is 3.19. The van der Waals surface area contributed by atoms with E-state index >= 15 is 0 Å². The highest BCUT2D eigenvalue weighted by Gasteiger charge is 2.20. The van der Waals surface area contributed by atoms with Gasteiger partial charge in [0.05, 0.1) is 5.69 Å². The number of anilines is 1. The molecule has 0 aliphatic carbocycles. The molecule has 1 fully saturated rings. The maximum absolute atomic E-state index is 13.4. The molecule has 0 spiro atoms. The second kappa shape index (κ2) is 4.61. The van der Waals surface area contributed by atoms with Crippen LogP contribution in [0, 0.1) is 18.7 Å². The Morgan fingerprint density at radius 1 is 1.56 bits per heavy atom. The van der Waals surface area contributed by atoms with E-state index < -0.39 is 0 Å². The van der Waals surface area contributed by atoms with E-state index in [2.05, 4.69) is 10.6 Å². The van der Waals surface area contributed by atoms with E-state index in [4.69, 9.17) is 0 Å². The van der Waals surface area contributed by atoms with Crippen LogP contribution in [0.15, 0.2) is 18.2 Å². The monoisotopic (exact) mass is 222 g/mol. The van der Waals surface area contributed by atoms with Gasteiger partial charge in [0, 0.05) is 6.42 Å². The largest absolute Gasteiger partial charge is 0.323 e. The topological polar surface area (TPSA) is 41.1 Å². The molecule has 1 aromatic carbocycles. The molecule has 4 heteroatoms. The molecule has 0 unspecified atom stereocenters. The Labute approximate surface area is 94.0 Å². The highest BCUT2D eigenvalue weighted by Crippen LogP contribution is 2.19. The first-order chi connectivity index (χ1) is 7.66. The van der Waals surface area contributed by atoms with Gasteiger partial charge in [-0.1, -0.05) is 12.1 Å². The summed E-state index contributed by atoms with van der Waals surface area (Å²) in [6.45, 7) is 3.54. The zero-order valence-corrected chi connectivity index (χ0v) is 9.22. The summed E-state index contributed by atoms with van der Waals surface area (Å²) >= 11 is 0. The molecule has 1 aliphatic heterocycles. The van der Waals surface area contributed by atoms with E-state index in [1.54, 1.807) is 19.1 Å². The van der Waals surface area contributed by atoms with Crippen molar-refractivity contribution in [2.75, 3.05) is 18.4 Å². The molecule has 3 nitrogen and oxygen atoms in total. The molecule has 1 aliphatic rings. The first kappa shape index (κ1) is 11.1. The van der Waals surface area contributed by atoms with Crippen molar-refractivity contribution in [3.63, 3.8) is 0 Å². The number of hydrogen-bond acceptors (Lipinski definition) is 2. The van der Waals surface area contributed by atoms with Gasteiger partial charge in [-0.2, -0.15) is 0 Å². The lowest BCUT2D eigenvalue weighted by molar-refractivity contribution is -0.117. The van der Waals surface area contributed by atoms with Crippen molar-refractivity contribution in [1.29, 1.82) is 0 Å². The lowest BCUT2D eigenvalue weighted by atomic mass is 9.99. The number of carbonyl (C=O) groups is 1. The van der Waals surface area contributed by atoms with Crippen molar-refractivity contribution in [3.8, 4) is 0 Å². The van der Waals surface area contributed by atoms with Gasteiger partial charge in [-0.25, -0.2) is 4.39 Å². The van der Waals surface area contributed by atoms with Gasteiger partial charge in [-0.3, -0.25) is 4.79 Å². The van der Waals surface area contributed by atoms with Crippen LogP contribution in [0.3, 0.4) is 0 Å². The zero-order valence-electron chi connectivity index (χ0n) is 9.22. The molecule has 0 atom stereocenters. The van der Waals surface area contributed by atoms with Gasteiger partial charge in [-0.05, 0) is 37.6 Å². The van der Waals surface area contributed by atoms with E-state index in [1.807, 2.05) is 0 Å². The minimum Gasteiger partial charge on any atom is -0.323 e. The fraction of sp³-hybridized carbons (Fsp3) is 0.417. The van der Waals surface area contributed by atoms with Crippen molar-refractivity contribution in [3.05, 3.63) is 29.6 Å². The van der Waals surface area contributed by atoms with E-state index in [0.29, 0.717) is 18.0 Å². The van der Waals surface area contributed by atoms with Crippen LogP contribution >= 0.6 is 0 Å². The third-order valence-electron chi connectivity index (χ3n) is 2.83. The number of hydrogen-bond donors (Lipinski definition) is 2. The van der Waals surface area contributed by atoms with Gasteiger partial charge >= 0.3 is 0 Å². The predicted octanol–water partition coefficient (Wildman–Crippen LogP) is 1.68. The number of rotatable bonds is 3. The molecule has 0 radical (unpaired) electrons. The van der Waals surface area contributed by atoms with Crippen molar-refractivity contribution in [2.24, 2.45) is 5.92 Å². The number of para-hydroxylation sites is 1. The van der Waals surface area contributed by atoms with E-state index in [9.17, 15) is 9.18 Å². The summed E-state index contributed by atoms with van der Waals surface area (Å²) in [5, 5.41) is 5.74. The average Bonchev–Trinajstić information content (AvgIpc) is 2.18. The van der Waals surface area contributed by atoms with Crippen molar-refractivity contribution < 1.29 is 9.18 Å². The van der Waals surface area contributed by atoms with Crippen LogP contribution in [0.4, 0.5) is 10.1 Å². The summed E-state index contributed by atoms with van der Waals surface area (Å²) in [5.41, 5.74) is 1.06. The molecule has 0 bridgehead atoms. The molecule has 1 heterocycles. The Morgan fingerprint density at radius 3 is 2.88 bits per heavy atom. The van der Waals surface area contributed by atoms with E-state index in [-0.39, 0.29) is 11.7 Å². The third kappa shape index (κ3) is 2.39. The number of amides is 1. The third-order valence-corrected chi connectivity index (χ3v) is 2.83. The van der Waals surface area contributed by atoms with Crippen LogP contribution in [0.2, 0.25) is 0 Å². The first-order valence-electron chi connectivity index (χ1n) is 5.42. The molecule has 2 rings (SSSR count). The lowest BCUT2D eigenvalue weighted by Gasteiger charge is -2.26. The summed E-state index contributed by atoms with van der Waals surface area (Å²) in [6, 6.07) is 4.77. The predicted molar refractivity (Wildman–Crippen MR) is 60.7 cm³/mol. The number of aryl methyl sites for hydroxylation is 1. The molecular weight excluding hydrogens is 207 g/mol. The molecule has 1 amide bonds. The summed E-state index contributed by atoms with van der Waals surface area (Å²) in [5.74, 6) is -0.0909. The molecule has 0 saturated carbocycles. The van der Waals surface area contributed by atoms with Crippen LogP contribution in [0.1, 0.15) is 12.0 Å². The zero-order chi connectivity index (χ0) is 11.5. The number of nitrogens with one attached hydrogen (secondary N) is 2. The second-order valence-corrected chi connectivity index (χ2v) is 4.21. The molecular formula is C12H15FN2O. The number of halogens is 1. The fourth-order valence-corrected chi connectivity index (χ4v) is 1.74. The first-order valence-corrected chi connectivity index (χ1v) is 5.42. The summed E-state index contributed by atoms with van der Waals surface area (Å²) in [4.78, 5) is 11.6. The highest BCUT2D eigenvalue weighted by atomic mass is 19.1. The van der Waals surface area contributed by atoms with Crippen molar-refractivity contribution >= 4 is 11.6 Å². The minimum absolute atomic E-state index is 0.111. The van der Waals surface area contributed by atoms with Crippen LogP contribution in [-0.4, -0.2) is 19.0 Å². The quantitative estimate of drug-likeness (QED) is 0.817. The van der Waals surface area contributed by atoms with Gasteiger partial charge < -0.3 is 10.6 Å². The van der Waals surface area contributed by atoms with E-state index in [1.165, 1.54) is 6.07 Å². The fourth-order valence-electron chi connectivity index (χ4n) is 1.74. The van der Waals surface area contributed by atoms with Crippen LogP contribution < -0.4 is 10.6 Å². The van der Waals surface area contributed by atoms with Gasteiger partial charge in [0.15, 0.2) is 0 Å². The molecule has 86 valence electrons. The van der Waals surface area contributed by atoms with Crippen LogP contribution in [-0.2, 0) is 4.79 Å². The standard InChI is InChI=1S/C12H15FN2O/c1-8-3-2-4-10(13)12(8)15-11(16)5-9-6-14-7-9/h2-4,9,14H,5-7H2,1H3,(H,15,16). The Hall–Kier alpha value is -1.42. The minimum atomic E-state index is -0.375. The summed E-state index contributed by atoms with van der Waals surface area (Å²) in [6.07, 6.45) is 0.459. The van der Waals surface area contributed by atoms with Gasteiger partial charge in [-0.15, -0.1) is 0 Å². The maximum atomic E-state index is 13.4. The van der Waals surface area contributed by atoms with Gasteiger partial charge in [0.2, 0.25) is 5.91 Å². The van der Waals surface area contributed by atoms with Crippen LogP contribution in [0.25, 0.3) is 0 Å². The summed E-state index contributed by atoms with van der Waals surface area (Å²) < 4.78 is 13.4. The Morgan fingerprint density at radius 2 is 2.31 bits per heavy atom.